The summed E-state index contributed by atoms with van der Waals surface area (Å²) < 4.78 is 0. The molecule has 74 valence electrons. The molecule has 0 atom stereocenters. The van der Waals surface area contributed by atoms with Gasteiger partial charge in [-0.25, -0.2) is 4.79 Å². The number of nitrogen functional groups attached to an aromatic ring is 1. The highest BCUT2D eigenvalue weighted by Gasteiger charge is 2.20. The Kier molecular flexibility index (Phi) is 2.37. The largest absolute Gasteiger partial charge is 0.478 e. The van der Waals surface area contributed by atoms with Gasteiger partial charge in [-0.1, -0.05) is 0 Å². The van der Waals surface area contributed by atoms with E-state index in [-0.39, 0.29) is 22.5 Å². The molecular weight excluding hydrogens is 188 g/mol. The van der Waals surface area contributed by atoms with Crippen molar-refractivity contribution < 1.29 is 14.8 Å². The second kappa shape index (κ2) is 3.33. The van der Waals surface area contributed by atoms with E-state index in [1.165, 1.54) is 19.1 Å². The van der Waals surface area contributed by atoms with Crippen molar-refractivity contribution >= 4 is 17.3 Å². The molecule has 6 heteroatoms. The Balaban J connectivity index is 3.49. The molecule has 0 heterocycles. The van der Waals surface area contributed by atoms with Crippen LogP contribution in [0.2, 0.25) is 0 Å². The molecule has 1 rings (SSSR count). The minimum atomic E-state index is -1.26. The maximum absolute atomic E-state index is 10.7. The predicted molar refractivity (Wildman–Crippen MR) is 49.2 cm³/mol. The molecule has 0 amide bonds. The number of hydrogen-bond acceptors (Lipinski definition) is 4. The van der Waals surface area contributed by atoms with Crippen LogP contribution in [0.25, 0.3) is 0 Å². The van der Waals surface area contributed by atoms with Gasteiger partial charge in [0.15, 0.2) is 0 Å². The van der Waals surface area contributed by atoms with Gasteiger partial charge in [0.1, 0.15) is 0 Å². The lowest BCUT2D eigenvalue weighted by Crippen LogP contribution is -2.07. The zero-order chi connectivity index (χ0) is 10.9. The lowest BCUT2D eigenvalue weighted by molar-refractivity contribution is -0.385. The molecule has 6 nitrogen and oxygen atoms in total. The third kappa shape index (κ3) is 1.49. The van der Waals surface area contributed by atoms with Gasteiger partial charge >= 0.3 is 5.97 Å². The van der Waals surface area contributed by atoms with E-state index in [9.17, 15) is 14.9 Å². The van der Waals surface area contributed by atoms with Crippen LogP contribution in [0, 0.1) is 17.0 Å². The molecule has 1 aromatic carbocycles. The minimum Gasteiger partial charge on any atom is -0.478 e. The number of nitrogens with two attached hydrogens (primary N) is 1. The van der Waals surface area contributed by atoms with Crippen LogP contribution < -0.4 is 5.73 Å². The fourth-order valence-corrected chi connectivity index (χ4v) is 1.20. The van der Waals surface area contributed by atoms with Gasteiger partial charge in [-0.2, -0.15) is 0 Å². The van der Waals surface area contributed by atoms with E-state index in [0.29, 0.717) is 0 Å². The molecule has 0 saturated heterocycles. The van der Waals surface area contributed by atoms with Gasteiger partial charge in [0.2, 0.25) is 0 Å². The van der Waals surface area contributed by atoms with Gasteiger partial charge in [0.05, 0.1) is 10.5 Å². The predicted octanol–water partition coefficient (Wildman–Crippen LogP) is 1.18. The summed E-state index contributed by atoms with van der Waals surface area (Å²) in [6.45, 7) is 1.36. The molecule has 1 aromatic rings. The highest BCUT2D eigenvalue weighted by atomic mass is 16.6. The lowest BCUT2D eigenvalue weighted by atomic mass is 10.1. The summed E-state index contributed by atoms with van der Waals surface area (Å²) in [6, 6.07) is 2.41. The average Bonchev–Trinajstić information content (AvgIpc) is 2.02. The first-order valence-corrected chi connectivity index (χ1v) is 3.72. The van der Waals surface area contributed by atoms with Crippen molar-refractivity contribution in [1.29, 1.82) is 0 Å². The maximum atomic E-state index is 10.7. The Morgan fingerprint density at radius 2 is 2.14 bits per heavy atom. The molecule has 0 spiro atoms. The summed E-state index contributed by atoms with van der Waals surface area (Å²) >= 11 is 0. The first-order chi connectivity index (χ1) is 6.45. The Morgan fingerprint density at radius 1 is 1.57 bits per heavy atom. The molecule has 0 bridgehead atoms. The molecule has 0 aliphatic heterocycles. The van der Waals surface area contributed by atoms with E-state index < -0.39 is 10.9 Å². The van der Waals surface area contributed by atoms with Crippen molar-refractivity contribution in [3.05, 3.63) is 33.4 Å². The number of rotatable bonds is 2. The van der Waals surface area contributed by atoms with E-state index in [1.54, 1.807) is 0 Å². The van der Waals surface area contributed by atoms with Gasteiger partial charge in [-0.15, -0.1) is 0 Å². The molecular formula is C8H8N2O4. The molecule has 3 N–H and O–H groups in total. The second-order valence-electron chi connectivity index (χ2n) is 2.74. The summed E-state index contributed by atoms with van der Waals surface area (Å²) in [4.78, 5) is 20.6. The molecule has 0 aliphatic rings. The molecule has 0 radical (unpaired) electrons. The van der Waals surface area contributed by atoms with Crippen molar-refractivity contribution in [2.75, 3.05) is 5.73 Å². The van der Waals surface area contributed by atoms with Gasteiger partial charge in [-0.05, 0) is 13.0 Å². The Labute approximate surface area is 79.1 Å². The fourth-order valence-electron chi connectivity index (χ4n) is 1.20. The number of nitro groups is 1. The van der Waals surface area contributed by atoms with E-state index in [4.69, 9.17) is 10.8 Å². The van der Waals surface area contributed by atoms with Crippen LogP contribution in [0.4, 0.5) is 11.4 Å². The number of anilines is 1. The summed E-state index contributed by atoms with van der Waals surface area (Å²) in [5.41, 5.74) is 5.04. The third-order valence-electron chi connectivity index (χ3n) is 1.88. The van der Waals surface area contributed by atoms with Crippen LogP contribution >= 0.6 is 0 Å². The van der Waals surface area contributed by atoms with E-state index >= 15 is 0 Å². The number of nitro benzene ring substituents is 1. The fraction of sp³-hybridized carbons (Fsp3) is 0.125. The van der Waals surface area contributed by atoms with Crippen LogP contribution in [0.3, 0.4) is 0 Å². The van der Waals surface area contributed by atoms with Gasteiger partial charge in [0.25, 0.3) is 5.69 Å². The van der Waals surface area contributed by atoms with Crippen molar-refractivity contribution in [2.45, 2.75) is 6.92 Å². The zero-order valence-electron chi connectivity index (χ0n) is 7.35. The monoisotopic (exact) mass is 196 g/mol. The number of carboxylic acids is 1. The third-order valence-corrected chi connectivity index (χ3v) is 1.88. The van der Waals surface area contributed by atoms with E-state index in [2.05, 4.69) is 0 Å². The minimum absolute atomic E-state index is 0.0283. The van der Waals surface area contributed by atoms with Crippen molar-refractivity contribution in [3.8, 4) is 0 Å². The molecule has 0 unspecified atom stereocenters. The number of carboxylic acid groups (broad SMARTS) is 1. The summed E-state index contributed by atoms with van der Waals surface area (Å²) in [5, 5.41) is 19.2. The quantitative estimate of drug-likeness (QED) is 0.419. The van der Waals surface area contributed by atoms with E-state index in [0.717, 1.165) is 0 Å². The highest BCUT2D eigenvalue weighted by Crippen LogP contribution is 2.25. The second-order valence-corrected chi connectivity index (χ2v) is 2.74. The first kappa shape index (κ1) is 9.97. The SMILES string of the molecule is Cc1c([N+](=O)[O-])ccc(N)c1C(=O)O. The smallest absolute Gasteiger partial charge is 0.338 e. The van der Waals surface area contributed by atoms with Gasteiger partial charge in [-0.3, -0.25) is 10.1 Å². The highest BCUT2D eigenvalue weighted by molar-refractivity contribution is 5.96. The van der Waals surface area contributed by atoms with Crippen LogP contribution in [0.1, 0.15) is 15.9 Å². The Bertz CT molecular complexity index is 414. The number of benzene rings is 1. The summed E-state index contributed by atoms with van der Waals surface area (Å²) in [7, 11) is 0. The Hall–Kier alpha value is -2.11. The summed E-state index contributed by atoms with van der Waals surface area (Å²) in [6.07, 6.45) is 0. The number of hydrogen-bond donors (Lipinski definition) is 2. The Morgan fingerprint density at radius 3 is 2.57 bits per heavy atom. The topological polar surface area (TPSA) is 106 Å². The normalized spacial score (nSPS) is 9.79. The van der Waals surface area contributed by atoms with Gasteiger partial charge < -0.3 is 10.8 Å². The number of aromatic carboxylic acids is 1. The first-order valence-electron chi connectivity index (χ1n) is 3.72. The average molecular weight is 196 g/mol. The zero-order valence-corrected chi connectivity index (χ0v) is 7.35. The molecule has 14 heavy (non-hydrogen) atoms. The van der Waals surface area contributed by atoms with Crippen LogP contribution in [0.5, 0.6) is 0 Å². The van der Waals surface area contributed by atoms with Crippen molar-refractivity contribution in [2.24, 2.45) is 0 Å². The van der Waals surface area contributed by atoms with E-state index in [1.807, 2.05) is 0 Å². The van der Waals surface area contributed by atoms with Crippen molar-refractivity contribution in [3.63, 3.8) is 0 Å². The van der Waals surface area contributed by atoms with Crippen LogP contribution in [0.15, 0.2) is 12.1 Å². The van der Waals surface area contributed by atoms with Crippen molar-refractivity contribution in [1.82, 2.24) is 0 Å². The molecule has 0 fully saturated rings. The molecule has 0 saturated carbocycles. The number of nitrogens with zero attached hydrogens (tertiary/aromatic N) is 1. The summed E-state index contributed by atoms with van der Waals surface area (Å²) in [5.74, 6) is -1.26. The number of carbonyl (C=O) groups is 1. The lowest BCUT2D eigenvalue weighted by Gasteiger charge is -2.04. The van der Waals surface area contributed by atoms with Gasteiger partial charge in [0, 0.05) is 17.3 Å². The van der Waals surface area contributed by atoms with Crippen LogP contribution in [-0.4, -0.2) is 16.0 Å². The molecule has 0 aliphatic carbocycles. The maximum Gasteiger partial charge on any atom is 0.338 e. The molecule has 0 aromatic heterocycles. The standard InChI is InChI=1S/C8H8N2O4/c1-4-6(10(13)14)3-2-5(9)7(4)8(11)12/h2-3H,9H2,1H3,(H,11,12). The van der Waals surface area contributed by atoms with Crippen LogP contribution in [-0.2, 0) is 0 Å².